The van der Waals surface area contributed by atoms with Gasteiger partial charge in [-0.15, -0.1) is 0 Å². The highest BCUT2D eigenvalue weighted by Crippen LogP contribution is 2.07. The van der Waals surface area contributed by atoms with Crippen LogP contribution in [0.4, 0.5) is 0 Å². The van der Waals surface area contributed by atoms with E-state index < -0.39 is 0 Å². The molecule has 80 valence electrons. The van der Waals surface area contributed by atoms with Gasteiger partial charge < -0.3 is 4.90 Å². The van der Waals surface area contributed by atoms with Gasteiger partial charge in [-0.2, -0.15) is 0 Å². The lowest BCUT2D eigenvalue weighted by atomic mass is 10.3. The van der Waals surface area contributed by atoms with Crippen molar-refractivity contribution in [1.29, 1.82) is 0 Å². The number of likely N-dealkylation sites (tertiary alicyclic amines) is 1. The Bertz CT molecular complexity index is 83.1. The van der Waals surface area contributed by atoms with Crippen LogP contribution in [0.25, 0.3) is 0 Å². The summed E-state index contributed by atoms with van der Waals surface area (Å²) < 4.78 is 0. The third-order valence-electron chi connectivity index (χ3n) is 2.53. The van der Waals surface area contributed by atoms with Gasteiger partial charge in [0.05, 0.1) is 0 Å². The van der Waals surface area contributed by atoms with Crippen LogP contribution in [0.1, 0.15) is 59.3 Å². The molecule has 1 heteroatoms. The molecule has 1 fully saturated rings. The molecule has 0 amide bonds. The highest BCUT2D eigenvalue weighted by atomic mass is 15.1. The molecule has 1 saturated heterocycles. The maximum Gasteiger partial charge on any atom is -0.00183 e. The maximum atomic E-state index is 2.57. The monoisotopic (exact) mass is 185 g/mol. The van der Waals surface area contributed by atoms with Gasteiger partial charge in [0.25, 0.3) is 0 Å². The van der Waals surface area contributed by atoms with Gasteiger partial charge in [-0.05, 0) is 38.9 Å². The normalized spacial score (nSPS) is 16.8. The van der Waals surface area contributed by atoms with E-state index in [1.54, 1.807) is 0 Å². The molecule has 0 unspecified atom stereocenters. The largest absolute Gasteiger partial charge is 0.303 e. The molecule has 0 saturated carbocycles. The van der Waals surface area contributed by atoms with E-state index in [1.165, 1.54) is 58.2 Å². The topological polar surface area (TPSA) is 3.24 Å². The smallest absolute Gasteiger partial charge is 0.00183 e. The molecule has 1 rings (SSSR count). The molecule has 0 aliphatic carbocycles. The summed E-state index contributed by atoms with van der Waals surface area (Å²) in [6, 6.07) is 0. The standard InChI is InChI=1S/C8H17N.C4H10/c1-2-3-6-9-7-4-5-8-9;1-3-4-2/h2-8H2,1H3;3-4H2,1-2H3. The Morgan fingerprint density at radius 1 is 0.846 bits per heavy atom. The Labute approximate surface area is 84.5 Å². The van der Waals surface area contributed by atoms with Crippen LogP contribution in [0.15, 0.2) is 0 Å². The number of hydrogen-bond donors (Lipinski definition) is 0. The zero-order valence-corrected chi connectivity index (χ0v) is 9.81. The minimum absolute atomic E-state index is 1.32. The second-order valence-electron chi connectivity index (χ2n) is 3.90. The van der Waals surface area contributed by atoms with Gasteiger partial charge in [0.2, 0.25) is 0 Å². The number of rotatable bonds is 4. The van der Waals surface area contributed by atoms with E-state index >= 15 is 0 Å². The highest BCUT2D eigenvalue weighted by Gasteiger charge is 2.08. The van der Waals surface area contributed by atoms with E-state index in [2.05, 4.69) is 25.7 Å². The Morgan fingerprint density at radius 2 is 1.38 bits per heavy atom. The van der Waals surface area contributed by atoms with E-state index in [-0.39, 0.29) is 0 Å². The van der Waals surface area contributed by atoms with Crippen LogP contribution in [-0.4, -0.2) is 24.5 Å². The van der Waals surface area contributed by atoms with Crippen LogP contribution < -0.4 is 0 Å². The molecule has 0 aromatic carbocycles. The van der Waals surface area contributed by atoms with Gasteiger partial charge in [-0.3, -0.25) is 0 Å². The summed E-state index contributed by atoms with van der Waals surface area (Å²) >= 11 is 0. The third-order valence-corrected chi connectivity index (χ3v) is 2.53. The Balaban J connectivity index is 0.000000310. The van der Waals surface area contributed by atoms with Gasteiger partial charge in [0.15, 0.2) is 0 Å². The quantitative estimate of drug-likeness (QED) is 0.645. The first-order valence-corrected chi connectivity index (χ1v) is 6.07. The third kappa shape index (κ3) is 8.29. The van der Waals surface area contributed by atoms with Gasteiger partial charge in [0.1, 0.15) is 0 Å². The molecule has 0 aromatic heterocycles. The molecule has 0 spiro atoms. The van der Waals surface area contributed by atoms with Crippen molar-refractivity contribution in [1.82, 2.24) is 4.90 Å². The number of unbranched alkanes of at least 4 members (excludes halogenated alkanes) is 2. The number of hydrogen-bond acceptors (Lipinski definition) is 1. The summed E-state index contributed by atoms with van der Waals surface area (Å²) in [6.07, 6.45) is 8.24. The zero-order chi connectivity index (χ0) is 9.94. The summed E-state index contributed by atoms with van der Waals surface area (Å²) in [4.78, 5) is 2.57. The first-order chi connectivity index (χ1) is 6.35. The lowest BCUT2D eigenvalue weighted by Gasteiger charge is -2.12. The fourth-order valence-electron chi connectivity index (χ4n) is 1.39. The molecule has 1 aliphatic heterocycles. The molecule has 1 aliphatic rings. The SMILES string of the molecule is CCCC.CCCCN1CCCC1. The van der Waals surface area contributed by atoms with Crippen molar-refractivity contribution in [2.24, 2.45) is 0 Å². The fourth-order valence-corrected chi connectivity index (χ4v) is 1.39. The van der Waals surface area contributed by atoms with E-state index in [0.717, 1.165) is 0 Å². The lowest BCUT2D eigenvalue weighted by molar-refractivity contribution is 0.332. The average Bonchev–Trinajstić information content (AvgIpc) is 2.67. The van der Waals surface area contributed by atoms with E-state index in [1.807, 2.05) is 0 Å². The van der Waals surface area contributed by atoms with Crippen molar-refractivity contribution in [2.45, 2.75) is 59.3 Å². The van der Waals surface area contributed by atoms with Crippen LogP contribution >= 0.6 is 0 Å². The molecule has 0 bridgehead atoms. The summed E-state index contributed by atoms with van der Waals surface area (Å²) in [5.74, 6) is 0. The fraction of sp³-hybridized carbons (Fsp3) is 1.00. The molecule has 0 aromatic rings. The molecular formula is C12H27N. The number of nitrogens with zero attached hydrogens (tertiary/aromatic N) is 1. The van der Waals surface area contributed by atoms with Crippen LogP contribution in [-0.2, 0) is 0 Å². The average molecular weight is 185 g/mol. The van der Waals surface area contributed by atoms with Crippen molar-refractivity contribution in [3.63, 3.8) is 0 Å². The second kappa shape index (κ2) is 10.0. The predicted octanol–water partition coefficient (Wildman–Crippen LogP) is 3.69. The Morgan fingerprint density at radius 3 is 1.77 bits per heavy atom. The minimum atomic E-state index is 1.32. The van der Waals surface area contributed by atoms with Crippen molar-refractivity contribution >= 4 is 0 Å². The lowest BCUT2D eigenvalue weighted by Crippen LogP contribution is -2.19. The van der Waals surface area contributed by atoms with Gasteiger partial charge >= 0.3 is 0 Å². The maximum absolute atomic E-state index is 2.57. The molecule has 0 N–H and O–H groups in total. The van der Waals surface area contributed by atoms with Crippen molar-refractivity contribution in [3.8, 4) is 0 Å². The first kappa shape index (κ1) is 13.0. The Kier molecular flexibility index (Phi) is 10.0. The van der Waals surface area contributed by atoms with Crippen LogP contribution in [0.2, 0.25) is 0 Å². The highest BCUT2D eigenvalue weighted by molar-refractivity contribution is 4.64. The molecule has 1 nitrogen and oxygen atoms in total. The molecule has 0 radical (unpaired) electrons. The summed E-state index contributed by atoms with van der Waals surface area (Å²) in [7, 11) is 0. The Hall–Kier alpha value is -0.0400. The summed E-state index contributed by atoms with van der Waals surface area (Å²) in [5, 5.41) is 0. The van der Waals surface area contributed by atoms with Crippen LogP contribution in [0.5, 0.6) is 0 Å². The van der Waals surface area contributed by atoms with Gasteiger partial charge in [0, 0.05) is 0 Å². The van der Waals surface area contributed by atoms with Crippen molar-refractivity contribution in [2.75, 3.05) is 19.6 Å². The van der Waals surface area contributed by atoms with Gasteiger partial charge in [-0.25, -0.2) is 0 Å². The first-order valence-electron chi connectivity index (χ1n) is 6.07. The van der Waals surface area contributed by atoms with Crippen LogP contribution in [0.3, 0.4) is 0 Å². The van der Waals surface area contributed by atoms with Crippen molar-refractivity contribution < 1.29 is 0 Å². The van der Waals surface area contributed by atoms with Crippen molar-refractivity contribution in [3.05, 3.63) is 0 Å². The van der Waals surface area contributed by atoms with E-state index in [0.29, 0.717) is 0 Å². The molecule has 13 heavy (non-hydrogen) atoms. The van der Waals surface area contributed by atoms with E-state index in [4.69, 9.17) is 0 Å². The van der Waals surface area contributed by atoms with Gasteiger partial charge in [-0.1, -0.05) is 40.0 Å². The van der Waals surface area contributed by atoms with Crippen LogP contribution in [0, 0.1) is 0 Å². The molecule has 0 atom stereocenters. The predicted molar refractivity (Wildman–Crippen MR) is 61.2 cm³/mol. The molecular weight excluding hydrogens is 158 g/mol. The zero-order valence-electron chi connectivity index (χ0n) is 9.81. The minimum Gasteiger partial charge on any atom is -0.303 e. The summed E-state index contributed by atoms with van der Waals surface area (Å²) in [6.45, 7) is 10.7. The second-order valence-corrected chi connectivity index (χ2v) is 3.90. The summed E-state index contributed by atoms with van der Waals surface area (Å²) in [5.41, 5.74) is 0. The van der Waals surface area contributed by atoms with E-state index in [9.17, 15) is 0 Å². The molecule has 1 heterocycles.